The molecule has 0 aromatic carbocycles. The largest absolute Gasteiger partial charge is 0 e. The average molecular weight is 343 g/mol. The van der Waals surface area contributed by atoms with Crippen molar-refractivity contribution in [3.8, 4) is 0 Å². The molecule has 5 N–H and O–H groups in total. The number of aliphatic hydroxyl groups excluding tert-OH is 5. The van der Waals surface area contributed by atoms with Gasteiger partial charge in [-0.15, -0.1) is 0 Å². The average Bonchev–Trinajstić information content (AvgIpc) is 2.12. The fraction of sp³-hybridized carbons (Fsp3) is 0.833. The predicted octanol–water partition coefficient (Wildman–Crippen LogP) is -4.30. The van der Waals surface area contributed by atoms with Gasteiger partial charge in [-0.2, -0.15) is 0 Å². The summed E-state index contributed by atoms with van der Waals surface area (Å²) in [4.78, 5) is 9.90. The van der Waals surface area contributed by atoms with Crippen LogP contribution in [-0.2, 0) is 41.3 Å². The van der Waals surface area contributed by atoms with Crippen LogP contribution in [0.4, 0.5) is 0 Å². The number of rotatable bonds is 5. The molecular formula is C6H14CaFeO6Zn. The van der Waals surface area contributed by atoms with Crippen LogP contribution in [0.25, 0.3) is 0 Å². The third-order valence-electron chi connectivity index (χ3n) is 1.42. The van der Waals surface area contributed by atoms with Gasteiger partial charge in [-0.05, 0) is 0 Å². The van der Waals surface area contributed by atoms with E-state index in [2.05, 4.69) is 0 Å². The first-order valence-electron chi connectivity index (χ1n) is 3.33. The van der Waals surface area contributed by atoms with Gasteiger partial charge in [0.15, 0.2) is 6.29 Å². The molecule has 15 heavy (non-hydrogen) atoms. The number of hydrogen-bond acceptors (Lipinski definition) is 6. The molecule has 0 saturated heterocycles. The van der Waals surface area contributed by atoms with Gasteiger partial charge in [0.2, 0.25) is 0 Å². The van der Waals surface area contributed by atoms with E-state index in [1.807, 2.05) is 0 Å². The molecule has 0 fully saturated rings. The monoisotopic (exact) mass is 342 g/mol. The minimum atomic E-state index is -1.79. The number of aldehydes is 1. The van der Waals surface area contributed by atoms with E-state index in [1.54, 1.807) is 0 Å². The standard InChI is InChI=1S/C6H12O6.Ca.Fe.Zn.2H/c7-1-3(9)5(11)6(12)4(10)2-8;;;;;/h1,3-6,8-12H,2H2;;;;;/t3-,4+,5+,6+;;;;;/m0...../s1. The third kappa shape index (κ3) is 9.56. The Hall–Kier alpha value is 1.87. The maximum Gasteiger partial charge on any atom is 0 e. The molecule has 4 atom stereocenters. The SMILES string of the molecule is O=C[C@H](O)[C@@H](O)[C@H](O)[C@H](O)CO.[CaH2].[Fe].[Zn]. The first-order chi connectivity index (χ1) is 5.54. The molecule has 0 saturated carbocycles. The maximum atomic E-state index is 9.90. The Kier molecular flexibility index (Phi) is 23.8. The molecule has 0 aromatic heterocycles. The second-order valence-corrected chi connectivity index (χ2v) is 2.36. The normalized spacial score (nSPS) is 16.9. The summed E-state index contributed by atoms with van der Waals surface area (Å²) in [6.07, 6.45) is -6.84. The summed E-state index contributed by atoms with van der Waals surface area (Å²) in [5.74, 6) is 0. The molecule has 0 unspecified atom stereocenters. The van der Waals surface area contributed by atoms with Crippen LogP contribution in [0, 0.1) is 0 Å². The van der Waals surface area contributed by atoms with Gasteiger partial charge in [0.1, 0.15) is 24.4 Å². The van der Waals surface area contributed by atoms with E-state index in [1.165, 1.54) is 0 Å². The van der Waals surface area contributed by atoms with Gasteiger partial charge in [-0.1, -0.05) is 0 Å². The van der Waals surface area contributed by atoms with Gasteiger partial charge >= 0.3 is 37.7 Å². The van der Waals surface area contributed by atoms with Gasteiger partial charge in [0.25, 0.3) is 0 Å². The fourth-order valence-corrected chi connectivity index (χ4v) is 0.618. The third-order valence-corrected chi connectivity index (χ3v) is 1.42. The summed E-state index contributed by atoms with van der Waals surface area (Å²) in [7, 11) is 0. The van der Waals surface area contributed by atoms with Crippen LogP contribution in [0.2, 0.25) is 0 Å². The van der Waals surface area contributed by atoms with Crippen LogP contribution in [0.3, 0.4) is 0 Å². The Balaban J connectivity index is -0.000000202. The molecule has 0 aromatic rings. The van der Waals surface area contributed by atoms with E-state index in [0.717, 1.165) is 0 Å². The molecule has 0 spiro atoms. The summed E-state index contributed by atoms with van der Waals surface area (Å²) in [6, 6.07) is 0. The van der Waals surface area contributed by atoms with Gasteiger partial charge in [0.05, 0.1) is 6.61 Å². The Labute approximate surface area is 140 Å². The van der Waals surface area contributed by atoms with Crippen molar-refractivity contribution in [2.24, 2.45) is 0 Å². The van der Waals surface area contributed by atoms with Gasteiger partial charge in [-0.25, -0.2) is 0 Å². The summed E-state index contributed by atoms with van der Waals surface area (Å²) in [6.45, 7) is -0.760. The van der Waals surface area contributed by atoms with Crippen molar-refractivity contribution in [2.45, 2.75) is 24.4 Å². The van der Waals surface area contributed by atoms with E-state index in [9.17, 15) is 4.79 Å². The van der Waals surface area contributed by atoms with Crippen LogP contribution in [0.1, 0.15) is 0 Å². The molecule has 0 aliphatic rings. The quantitative estimate of drug-likeness (QED) is 0.255. The van der Waals surface area contributed by atoms with Crippen molar-refractivity contribution >= 4 is 44.0 Å². The van der Waals surface area contributed by atoms with Crippen LogP contribution >= 0.6 is 0 Å². The second kappa shape index (κ2) is 13.9. The maximum absolute atomic E-state index is 9.90. The molecule has 0 amide bonds. The van der Waals surface area contributed by atoms with Crippen molar-refractivity contribution in [2.75, 3.05) is 6.61 Å². The Morgan fingerprint density at radius 3 is 1.73 bits per heavy atom. The van der Waals surface area contributed by atoms with Crippen LogP contribution in [0.5, 0.6) is 0 Å². The molecular weight excluding hydrogens is 329 g/mol. The van der Waals surface area contributed by atoms with Crippen LogP contribution < -0.4 is 0 Å². The summed E-state index contributed by atoms with van der Waals surface area (Å²) in [5.41, 5.74) is 0. The van der Waals surface area contributed by atoms with E-state index >= 15 is 0 Å². The number of carbonyl (C=O) groups excluding carboxylic acids is 1. The zero-order chi connectivity index (χ0) is 9.72. The summed E-state index contributed by atoms with van der Waals surface area (Å²) < 4.78 is 0. The van der Waals surface area contributed by atoms with E-state index < -0.39 is 31.0 Å². The van der Waals surface area contributed by atoms with Crippen LogP contribution in [0.15, 0.2) is 0 Å². The van der Waals surface area contributed by atoms with Crippen molar-refractivity contribution in [1.82, 2.24) is 0 Å². The molecule has 86 valence electrons. The summed E-state index contributed by atoms with van der Waals surface area (Å²) in [5, 5.41) is 43.5. The van der Waals surface area contributed by atoms with Crippen LogP contribution in [-0.4, -0.2) is 101 Å². The van der Waals surface area contributed by atoms with E-state index in [-0.39, 0.29) is 80.6 Å². The molecule has 0 heterocycles. The van der Waals surface area contributed by atoms with Gasteiger partial charge in [-0.3, -0.25) is 0 Å². The van der Waals surface area contributed by atoms with Crippen molar-refractivity contribution in [3.05, 3.63) is 0 Å². The smallest absolute Gasteiger partial charge is 0 e. The Morgan fingerprint density at radius 2 is 1.47 bits per heavy atom. The molecule has 0 rings (SSSR count). The fourth-order valence-electron chi connectivity index (χ4n) is 0.618. The molecule has 9 heteroatoms. The zero-order valence-corrected chi connectivity index (χ0v) is 11.4. The topological polar surface area (TPSA) is 118 Å². The minimum Gasteiger partial charge on any atom is 0 e. The summed E-state index contributed by atoms with van der Waals surface area (Å²) >= 11 is 0. The first-order valence-corrected chi connectivity index (χ1v) is 3.33. The van der Waals surface area contributed by atoms with Crippen molar-refractivity contribution in [3.63, 3.8) is 0 Å². The van der Waals surface area contributed by atoms with Crippen molar-refractivity contribution < 1.29 is 66.9 Å². The molecule has 0 aliphatic carbocycles. The molecule has 0 radical (unpaired) electrons. The first kappa shape index (κ1) is 25.7. The van der Waals surface area contributed by atoms with Gasteiger partial charge in [0, 0.05) is 36.5 Å². The second-order valence-electron chi connectivity index (χ2n) is 2.36. The van der Waals surface area contributed by atoms with E-state index in [0.29, 0.717) is 0 Å². The number of carbonyl (C=O) groups is 1. The van der Waals surface area contributed by atoms with E-state index in [4.69, 9.17) is 25.5 Å². The molecule has 0 aliphatic heterocycles. The Morgan fingerprint density at radius 1 is 1.07 bits per heavy atom. The van der Waals surface area contributed by atoms with Gasteiger partial charge < -0.3 is 30.3 Å². The van der Waals surface area contributed by atoms with Crippen molar-refractivity contribution in [1.29, 1.82) is 0 Å². The molecule has 0 bridgehead atoms. The number of hydrogen-bond donors (Lipinski definition) is 5. The Bertz CT molecular complexity index is 154. The minimum absolute atomic E-state index is 0. The molecule has 6 nitrogen and oxygen atoms in total. The zero-order valence-electron chi connectivity index (χ0n) is 7.30. The predicted molar refractivity (Wildman–Crippen MR) is 45.7 cm³/mol. The number of aliphatic hydroxyl groups is 5.